The molecule has 3 heterocycles. The Morgan fingerprint density at radius 3 is 2.44 bits per heavy atom. The highest BCUT2D eigenvalue weighted by molar-refractivity contribution is 7.89. The van der Waals surface area contributed by atoms with Gasteiger partial charge in [-0.2, -0.15) is 4.31 Å². The smallest absolute Gasteiger partial charge is 0.248 e. The molecule has 0 unspecified atom stereocenters. The van der Waals surface area contributed by atoms with E-state index in [1.165, 1.54) is 17.6 Å². The fraction of sp³-hybridized carbons (Fsp3) is 0.412. The zero-order chi connectivity index (χ0) is 19.4. The van der Waals surface area contributed by atoms with Crippen molar-refractivity contribution >= 4 is 15.9 Å². The number of carbonyl (C=O) groups excluding carboxylic acids is 1. The molecule has 144 valence electrons. The first-order chi connectivity index (χ1) is 12.9. The molecule has 0 saturated carbocycles. The van der Waals surface area contributed by atoms with Crippen molar-refractivity contribution in [3.63, 3.8) is 0 Å². The summed E-state index contributed by atoms with van der Waals surface area (Å²) in [6.07, 6.45) is 4.60. The molecule has 1 saturated heterocycles. The van der Waals surface area contributed by atoms with E-state index in [9.17, 15) is 13.2 Å². The molecular formula is C17H21N5O4S. The van der Waals surface area contributed by atoms with Crippen LogP contribution >= 0.6 is 0 Å². The van der Waals surface area contributed by atoms with E-state index in [-0.39, 0.29) is 30.5 Å². The number of nitrogens with zero attached hydrogens (tertiary/aromatic N) is 5. The van der Waals surface area contributed by atoms with Crippen molar-refractivity contribution in [1.29, 1.82) is 0 Å². The van der Waals surface area contributed by atoms with Crippen molar-refractivity contribution in [1.82, 2.24) is 24.2 Å². The number of methoxy groups -OCH3 is 1. The lowest BCUT2D eigenvalue weighted by atomic mass is 10.2. The van der Waals surface area contributed by atoms with E-state index in [4.69, 9.17) is 4.74 Å². The molecule has 0 radical (unpaired) electrons. The fourth-order valence-corrected chi connectivity index (χ4v) is 4.41. The summed E-state index contributed by atoms with van der Waals surface area (Å²) in [5.41, 5.74) is 1.15. The number of rotatable bonds is 5. The van der Waals surface area contributed by atoms with Gasteiger partial charge in [-0.25, -0.2) is 18.4 Å². The van der Waals surface area contributed by atoms with Crippen molar-refractivity contribution in [2.24, 2.45) is 0 Å². The molecule has 0 spiro atoms. The lowest BCUT2D eigenvalue weighted by molar-refractivity contribution is -0.136. The van der Waals surface area contributed by atoms with Gasteiger partial charge in [-0.15, -0.1) is 0 Å². The Bertz CT molecular complexity index is 912. The van der Waals surface area contributed by atoms with Gasteiger partial charge in [0.15, 0.2) is 5.82 Å². The third kappa shape index (κ3) is 4.12. The normalized spacial score (nSPS) is 15.7. The zero-order valence-corrected chi connectivity index (χ0v) is 16.0. The van der Waals surface area contributed by atoms with Gasteiger partial charge in [0.25, 0.3) is 0 Å². The second kappa shape index (κ2) is 8.07. The summed E-state index contributed by atoms with van der Waals surface area (Å²) >= 11 is 0. The molecular weight excluding hydrogens is 370 g/mol. The summed E-state index contributed by atoms with van der Waals surface area (Å²) in [6, 6.07) is 3.53. The first-order valence-corrected chi connectivity index (χ1v) is 9.88. The monoisotopic (exact) mass is 391 g/mol. The molecule has 0 aliphatic carbocycles. The molecule has 0 atom stereocenters. The Balaban J connectivity index is 1.77. The van der Waals surface area contributed by atoms with Crippen molar-refractivity contribution in [2.75, 3.05) is 39.9 Å². The van der Waals surface area contributed by atoms with Gasteiger partial charge in [-0.3, -0.25) is 9.78 Å². The van der Waals surface area contributed by atoms with E-state index in [0.29, 0.717) is 24.6 Å². The van der Waals surface area contributed by atoms with E-state index in [1.54, 1.807) is 36.4 Å². The predicted molar refractivity (Wildman–Crippen MR) is 97.2 cm³/mol. The number of sulfonamides is 1. The van der Waals surface area contributed by atoms with Crippen molar-refractivity contribution in [3.8, 4) is 11.4 Å². The van der Waals surface area contributed by atoms with Crippen LogP contribution in [0.1, 0.15) is 5.69 Å². The number of hydrogen-bond acceptors (Lipinski definition) is 7. The van der Waals surface area contributed by atoms with Gasteiger partial charge in [-0.1, -0.05) is 0 Å². The van der Waals surface area contributed by atoms with Crippen LogP contribution in [0.5, 0.6) is 0 Å². The van der Waals surface area contributed by atoms with Crippen LogP contribution in [0, 0.1) is 6.92 Å². The number of piperazine rings is 1. The maximum absolute atomic E-state index is 13.0. The molecule has 10 heteroatoms. The van der Waals surface area contributed by atoms with Crippen LogP contribution in [0.15, 0.2) is 35.6 Å². The summed E-state index contributed by atoms with van der Waals surface area (Å²) in [5, 5.41) is 0. The molecule has 0 N–H and O–H groups in total. The van der Waals surface area contributed by atoms with Crippen LogP contribution in [0.3, 0.4) is 0 Å². The summed E-state index contributed by atoms with van der Waals surface area (Å²) in [7, 11) is -2.27. The average molecular weight is 391 g/mol. The number of pyridine rings is 1. The lowest BCUT2D eigenvalue weighted by Gasteiger charge is -2.34. The van der Waals surface area contributed by atoms with E-state index in [2.05, 4.69) is 15.0 Å². The van der Waals surface area contributed by atoms with Crippen LogP contribution in [-0.2, 0) is 19.6 Å². The van der Waals surface area contributed by atoms with E-state index >= 15 is 0 Å². The van der Waals surface area contributed by atoms with E-state index in [0.717, 1.165) is 5.56 Å². The number of aryl methyl sites for hydroxylation is 1. The molecule has 2 aromatic heterocycles. The van der Waals surface area contributed by atoms with E-state index in [1.807, 2.05) is 0 Å². The number of ether oxygens (including phenoxy) is 1. The average Bonchev–Trinajstić information content (AvgIpc) is 2.68. The maximum Gasteiger partial charge on any atom is 0.248 e. The van der Waals surface area contributed by atoms with Crippen LogP contribution in [0.2, 0.25) is 0 Å². The van der Waals surface area contributed by atoms with Crippen LogP contribution in [-0.4, -0.2) is 78.4 Å². The van der Waals surface area contributed by atoms with Crippen molar-refractivity contribution in [2.45, 2.75) is 11.8 Å². The molecule has 27 heavy (non-hydrogen) atoms. The highest BCUT2D eigenvalue weighted by Crippen LogP contribution is 2.22. The number of aromatic nitrogens is 3. The summed E-state index contributed by atoms with van der Waals surface area (Å²) in [6.45, 7) is 2.76. The molecule has 2 aromatic rings. The molecule has 3 rings (SSSR count). The SMILES string of the molecule is COCC(=O)N1CCN(S(=O)(=O)c2cnc(-c3ccncc3)nc2C)CC1. The molecule has 0 aromatic carbocycles. The van der Waals surface area contributed by atoms with Crippen LogP contribution < -0.4 is 0 Å². The van der Waals surface area contributed by atoms with Gasteiger partial charge in [0.2, 0.25) is 15.9 Å². The summed E-state index contributed by atoms with van der Waals surface area (Å²) in [5.74, 6) is 0.305. The Kier molecular flexibility index (Phi) is 5.78. The Morgan fingerprint density at radius 1 is 1.19 bits per heavy atom. The third-order valence-electron chi connectivity index (χ3n) is 4.35. The Morgan fingerprint density at radius 2 is 1.85 bits per heavy atom. The maximum atomic E-state index is 13.0. The molecule has 0 bridgehead atoms. The lowest BCUT2D eigenvalue weighted by Crippen LogP contribution is -2.51. The van der Waals surface area contributed by atoms with Gasteiger partial charge in [0, 0.05) is 51.2 Å². The Labute approximate surface area is 158 Å². The minimum absolute atomic E-state index is 0.00380. The van der Waals surface area contributed by atoms with Gasteiger partial charge < -0.3 is 9.64 Å². The van der Waals surface area contributed by atoms with Crippen LogP contribution in [0.4, 0.5) is 0 Å². The third-order valence-corrected chi connectivity index (χ3v) is 6.35. The quantitative estimate of drug-likeness (QED) is 0.723. The number of carbonyl (C=O) groups is 1. The second-order valence-corrected chi connectivity index (χ2v) is 8.00. The molecule has 9 nitrogen and oxygen atoms in total. The standard InChI is InChI=1S/C17H21N5O4S/c1-13-15(11-19-17(20-13)14-3-5-18-6-4-14)27(24,25)22-9-7-21(8-10-22)16(23)12-26-2/h3-6,11H,7-10,12H2,1-2H3. The minimum atomic E-state index is -3.73. The van der Waals surface area contributed by atoms with Crippen molar-refractivity contribution < 1.29 is 17.9 Å². The number of amides is 1. The summed E-state index contributed by atoms with van der Waals surface area (Å²) in [4.78, 5) is 26.0. The molecule has 1 aliphatic rings. The molecule has 1 fully saturated rings. The fourth-order valence-electron chi connectivity index (χ4n) is 2.88. The van der Waals surface area contributed by atoms with Gasteiger partial charge >= 0.3 is 0 Å². The van der Waals surface area contributed by atoms with Gasteiger partial charge in [0.05, 0.1) is 11.9 Å². The predicted octanol–water partition coefficient (Wildman–Crippen LogP) is 0.326. The van der Waals surface area contributed by atoms with Gasteiger partial charge in [-0.05, 0) is 19.1 Å². The highest BCUT2D eigenvalue weighted by Gasteiger charge is 2.31. The first kappa shape index (κ1) is 19.3. The summed E-state index contributed by atoms with van der Waals surface area (Å²) < 4.78 is 32.1. The number of hydrogen-bond donors (Lipinski definition) is 0. The van der Waals surface area contributed by atoms with Gasteiger partial charge in [0.1, 0.15) is 11.5 Å². The Hall–Kier alpha value is -2.43. The topological polar surface area (TPSA) is 106 Å². The molecule has 1 aliphatic heterocycles. The zero-order valence-electron chi connectivity index (χ0n) is 15.2. The minimum Gasteiger partial charge on any atom is -0.375 e. The van der Waals surface area contributed by atoms with E-state index < -0.39 is 10.0 Å². The first-order valence-electron chi connectivity index (χ1n) is 8.44. The second-order valence-electron chi connectivity index (χ2n) is 6.10. The largest absolute Gasteiger partial charge is 0.375 e. The molecule has 1 amide bonds. The van der Waals surface area contributed by atoms with Crippen LogP contribution in [0.25, 0.3) is 11.4 Å². The highest BCUT2D eigenvalue weighted by atomic mass is 32.2. The van der Waals surface area contributed by atoms with Crippen molar-refractivity contribution in [3.05, 3.63) is 36.4 Å².